The van der Waals surface area contributed by atoms with E-state index in [0.29, 0.717) is 5.96 Å². The van der Waals surface area contributed by atoms with Crippen molar-refractivity contribution in [1.82, 2.24) is 0 Å². The molecule has 0 bridgehead atoms. The summed E-state index contributed by atoms with van der Waals surface area (Å²) in [6.45, 7) is 0. The summed E-state index contributed by atoms with van der Waals surface area (Å²) in [6, 6.07) is 7.86. The first-order chi connectivity index (χ1) is 5.72. The third kappa shape index (κ3) is 2.98. The van der Waals surface area contributed by atoms with Crippen molar-refractivity contribution in [1.29, 1.82) is 0 Å². The lowest BCUT2D eigenvalue weighted by atomic mass is 10.3. The molecule has 5 heteroatoms. The summed E-state index contributed by atoms with van der Waals surface area (Å²) in [5.41, 5.74) is 6.36. The summed E-state index contributed by atoms with van der Waals surface area (Å²) in [6.07, 6.45) is 0. The molecule has 0 aliphatic heterocycles. The lowest BCUT2D eigenvalue weighted by Gasteiger charge is -2.02. The molecule has 0 saturated heterocycles. The quantitative estimate of drug-likeness (QED) is 0.468. The maximum atomic E-state index is 5.43. The van der Waals surface area contributed by atoms with Crippen molar-refractivity contribution in [2.24, 2.45) is 9.75 Å². The molecule has 0 atom stereocenters. The maximum Gasteiger partial charge on any atom is 0.204 e. The first kappa shape index (κ1) is 9.79. The zero-order chi connectivity index (χ0) is 8.97. The molecular formula is C7H7BrIN3. The lowest BCUT2D eigenvalue weighted by molar-refractivity contribution is 1.54. The van der Waals surface area contributed by atoms with Gasteiger partial charge >= 0.3 is 0 Å². The van der Waals surface area contributed by atoms with Gasteiger partial charge in [-0.1, -0.05) is 0 Å². The number of guanidine groups is 1. The van der Waals surface area contributed by atoms with Gasteiger partial charge in [0.15, 0.2) is 0 Å². The minimum Gasteiger partial charge on any atom is -0.369 e. The normalized spacial score (nSPS) is 11.3. The Kier molecular flexibility index (Phi) is 3.80. The van der Waals surface area contributed by atoms with Crippen LogP contribution in [0.25, 0.3) is 0 Å². The number of halogens is 2. The van der Waals surface area contributed by atoms with E-state index in [9.17, 15) is 0 Å². The van der Waals surface area contributed by atoms with Gasteiger partial charge in [0.2, 0.25) is 5.96 Å². The van der Waals surface area contributed by atoms with Crippen molar-refractivity contribution in [3.8, 4) is 0 Å². The predicted octanol–water partition coefficient (Wildman–Crippen LogP) is 2.33. The fourth-order valence-corrected chi connectivity index (χ4v) is 1.15. The van der Waals surface area contributed by atoms with Crippen LogP contribution in [0.2, 0.25) is 0 Å². The molecule has 0 amide bonds. The zero-order valence-corrected chi connectivity index (χ0v) is 9.83. The Bertz CT molecular complexity index is 283. The monoisotopic (exact) mass is 339 g/mol. The first-order valence-electron chi connectivity index (χ1n) is 3.19. The minimum absolute atomic E-state index is 0.344. The zero-order valence-electron chi connectivity index (χ0n) is 6.09. The summed E-state index contributed by atoms with van der Waals surface area (Å²) in [4.78, 5) is 0. The van der Waals surface area contributed by atoms with Crippen LogP contribution in [-0.4, -0.2) is 5.96 Å². The average Bonchev–Trinajstić information content (AvgIpc) is 2.09. The number of nitrogens with two attached hydrogens (primary N) is 1. The minimum atomic E-state index is 0.344. The number of nitrogens with one attached hydrogen (secondary N) is 1. The van der Waals surface area contributed by atoms with E-state index in [4.69, 9.17) is 5.73 Å². The lowest BCUT2D eigenvalue weighted by Crippen LogP contribution is -2.21. The molecule has 1 rings (SSSR count). The van der Waals surface area contributed by atoms with E-state index in [1.807, 2.05) is 24.3 Å². The van der Waals surface area contributed by atoms with Crippen LogP contribution in [0.4, 0.5) is 5.69 Å². The fourth-order valence-electron chi connectivity index (χ4n) is 0.702. The van der Waals surface area contributed by atoms with Gasteiger partial charge in [-0.15, -0.1) is 0 Å². The van der Waals surface area contributed by atoms with Crippen molar-refractivity contribution in [2.75, 3.05) is 5.32 Å². The highest BCUT2D eigenvalue weighted by atomic mass is 127. The highest BCUT2D eigenvalue weighted by molar-refractivity contribution is 14.1. The SMILES string of the molecule is NC(=NBr)Nc1ccc(I)cc1. The fraction of sp³-hybridized carbons (Fsp3) is 0. The topological polar surface area (TPSA) is 50.4 Å². The molecule has 3 nitrogen and oxygen atoms in total. The van der Waals surface area contributed by atoms with Crippen LogP contribution in [0.3, 0.4) is 0 Å². The Hall–Kier alpha value is -0.300. The highest BCUT2D eigenvalue weighted by Crippen LogP contribution is 2.10. The first-order valence-corrected chi connectivity index (χ1v) is 4.98. The van der Waals surface area contributed by atoms with Crippen molar-refractivity contribution in [3.05, 3.63) is 27.8 Å². The molecule has 3 N–H and O–H groups in total. The molecule has 0 unspecified atom stereocenters. The number of benzene rings is 1. The largest absolute Gasteiger partial charge is 0.369 e. The molecule has 1 aromatic rings. The molecule has 0 aromatic heterocycles. The van der Waals surface area contributed by atoms with Crippen molar-refractivity contribution < 1.29 is 0 Å². The number of hydrogen-bond donors (Lipinski definition) is 2. The van der Waals surface area contributed by atoms with Gasteiger partial charge in [0.25, 0.3) is 0 Å². The van der Waals surface area contributed by atoms with E-state index < -0.39 is 0 Å². The van der Waals surface area contributed by atoms with Crippen molar-refractivity contribution >= 4 is 50.4 Å². The van der Waals surface area contributed by atoms with Gasteiger partial charge in [0.1, 0.15) is 0 Å². The molecule has 0 aliphatic carbocycles. The van der Waals surface area contributed by atoms with E-state index in [0.717, 1.165) is 5.69 Å². The third-order valence-electron chi connectivity index (χ3n) is 1.21. The summed E-state index contributed by atoms with van der Waals surface area (Å²) in [5, 5.41) is 2.90. The van der Waals surface area contributed by atoms with Crippen molar-refractivity contribution in [3.63, 3.8) is 0 Å². The number of hydrogen-bond acceptors (Lipinski definition) is 1. The molecular weight excluding hydrogens is 333 g/mol. The Balaban J connectivity index is 2.71. The van der Waals surface area contributed by atoms with Crippen LogP contribution in [0, 0.1) is 3.57 Å². The van der Waals surface area contributed by atoms with Crippen LogP contribution in [0.15, 0.2) is 28.3 Å². The predicted molar refractivity (Wildman–Crippen MR) is 63.3 cm³/mol. The Morgan fingerprint density at radius 1 is 1.42 bits per heavy atom. The maximum absolute atomic E-state index is 5.43. The molecule has 12 heavy (non-hydrogen) atoms. The highest BCUT2D eigenvalue weighted by Gasteiger charge is 1.92. The van der Waals surface area contributed by atoms with Gasteiger partial charge < -0.3 is 11.1 Å². The third-order valence-corrected chi connectivity index (χ3v) is 2.31. The van der Waals surface area contributed by atoms with Crippen molar-refractivity contribution in [2.45, 2.75) is 0 Å². The van der Waals surface area contributed by atoms with Gasteiger partial charge in [0.05, 0.1) is 16.1 Å². The number of anilines is 1. The van der Waals surface area contributed by atoms with Gasteiger partial charge in [0, 0.05) is 9.26 Å². The second-order valence-electron chi connectivity index (χ2n) is 2.10. The van der Waals surface area contributed by atoms with Gasteiger partial charge in [-0.3, -0.25) is 0 Å². The molecule has 0 saturated carbocycles. The summed E-state index contributed by atoms with van der Waals surface area (Å²) in [7, 11) is 0. The van der Waals surface area contributed by atoms with Gasteiger partial charge in [-0.2, -0.15) is 4.02 Å². The van der Waals surface area contributed by atoms with E-state index in [-0.39, 0.29) is 0 Å². The molecule has 0 radical (unpaired) electrons. The second-order valence-corrected chi connectivity index (χ2v) is 3.70. The van der Waals surface area contributed by atoms with Crippen LogP contribution in [0.5, 0.6) is 0 Å². The van der Waals surface area contributed by atoms with E-state index in [1.54, 1.807) is 0 Å². The van der Waals surface area contributed by atoms with E-state index >= 15 is 0 Å². The van der Waals surface area contributed by atoms with Crippen LogP contribution < -0.4 is 11.1 Å². The standard InChI is InChI=1S/C7H7BrIN3/c8-12-7(10)11-6-3-1-5(9)2-4-6/h1-4H,(H3,10,11,12). The van der Waals surface area contributed by atoms with E-state index in [2.05, 4.69) is 48.1 Å². The Labute approximate surface area is 92.9 Å². The molecule has 0 spiro atoms. The molecule has 64 valence electrons. The van der Waals surface area contributed by atoms with Crippen LogP contribution in [-0.2, 0) is 0 Å². The van der Waals surface area contributed by atoms with Crippen LogP contribution in [0.1, 0.15) is 0 Å². The molecule has 0 fully saturated rings. The van der Waals surface area contributed by atoms with Crippen LogP contribution >= 0.6 is 38.7 Å². The van der Waals surface area contributed by atoms with Gasteiger partial charge in [-0.05, 0) is 46.9 Å². The summed E-state index contributed by atoms with van der Waals surface area (Å²) in [5.74, 6) is 0.344. The summed E-state index contributed by atoms with van der Waals surface area (Å²) >= 11 is 5.13. The molecule has 0 heterocycles. The average molecular weight is 340 g/mol. The number of nitrogens with zero attached hydrogens (tertiary/aromatic N) is 1. The Morgan fingerprint density at radius 2 is 2.00 bits per heavy atom. The molecule has 0 aliphatic rings. The summed E-state index contributed by atoms with van der Waals surface area (Å²) < 4.78 is 4.79. The smallest absolute Gasteiger partial charge is 0.204 e. The Morgan fingerprint density at radius 3 is 2.50 bits per heavy atom. The van der Waals surface area contributed by atoms with Gasteiger partial charge in [-0.25, -0.2) is 0 Å². The second kappa shape index (κ2) is 4.66. The molecule has 1 aromatic carbocycles. The number of rotatable bonds is 1. The van der Waals surface area contributed by atoms with E-state index in [1.165, 1.54) is 3.57 Å².